The molecule has 1 aliphatic rings. The number of nitrogens with one attached hydrogen (secondary N) is 3. The lowest BCUT2D eigenvalue weighted by Gasteiger charge is -2.13. The van der Waals surface area contributed by atoms with Gasteiger partial charge in [-0.2, -0.15) is 0 Å². The van der Waals surface area contributed by atoms with Crippen LogP contribution in [0, 0.1) is 0 Å². The highest BCUT2D eigenvalue weighted by Gasteiger charge is 2.20. The molecule has 0 saturated carbocycles. The van der Waals surface area contributed by atoms with Crippen LogP contribution >= 0.6 is 11.3 Å². The van der Waals surface area contributed by atoms with Crippen LogP contribution in [0.15, 0.2) is 29.1 Å². The lowest BCUT2D eigenvalue weighted by Crippen LogP contribution is -2.50. The zero-order valence-electron chi connectivity index (χ0n) is 14.5. The van der Waals surface area contributed by atoms with Crippen LogP contribution in [0.3, 0.4) is 0 Å². The third-order valence-electron chi connectivity index (χ3n) is 4.29. The molecular formula is C18H21N3O4S. The minimum Gasteiger partial charge on any atom is -0.472 e. The highest BCUT2D eigenvalue weighted by Crippen LogP contribution is 2.28. The van der Waals surface area contributed by atoms with Gasteiger partial charge in [-0.25, -0.2) is 0 Å². The predicted octanol–water partition coefficient (Wildman–Crippen LogP) is 2.19. The molecule has 138 valence electrons. The van der Waals surface area contributed by atoms with E-state index in [1.54, 1.807) is 0 Å². The first-order valence-electron chi connectivity index (χ1n) is 8.59. The average molecular weight is 375 g/mol. The molecule has 3 N–H and O–H groups in total. The fraction of sp³-hybridized carbons (Fsp3) is 0.389. The largest absolute Gasteiger partial charge is 0.472 e. The van der Waals surface area contributed by atoms with Crippen molar-refractivity contribution in [1.29, 1.82) is 0 Å². The van der Waals surface area contributed by atoms with E-state index < -0.39 is 17.9 Å². The lowest BCUT2D eigenvalue weighted by atomic mass is 10.1. The van der Waals surface area contributed by atoms with Crippen LogP contribution < -0.4 is 16.2 Å². The lowest BCUT2D eigenvalue weighted by molar-refractivity contribution is -0.123. The first kappa shape index (κ1) is 18.2. The number of carbonyl (C=O) groups excluding carboxylic acids is 3. The second-order valence-electron chi connectivity index (χ2n) is 6.27. The molecule has 3 amide bonds. The summed E-state index contributed by atoms with van der Waals surface area (Å²) in [6, 6.07) is 2.61. The summed E-state index contributed by atoms with van der Waals surface area (Å²) in [5.74, 6) is -1.27. The maximum Gasteiger partial charge on any atom is 0.279 e. The summed E-state index contributed by atoms with van der Waals surface area (Å²) in [6.07, 6.45) is 8.21. The van der Waals surface area contributed by atoms with E-state index in [2.05, 4.69) is 16.2 Å². The van der Waals surface area contributed by atoms with Crippen LogP contribution in [0.25, 0.3) is 0 Å². The standard InChI is InChI=1S/C18H21N3O4S/c1-11(19-17(23)13-7-8-25-10-13)16(22)20-21-18(24)15-9-12-5-3-2-4-6-14(12)26-15/h7-11H,2-6H2,1H3,(H,19,23)(H,20,22)(H,21,24). The van der Waals surface area contributed by atoms with Crippen molar-refractivity contribution in [3.63, 3.8) is 0 Å². The molecule has 2 heterocycles. The summed E-state index contributed by atoms with van der Waals surface area (Å²) in [5, 5.41) is 2.53. The van der Waals surface area contributed by atoms with E-state index in [-0.39, 0.29) is 5.91 Å². The molecule has 0 fully saturated rings. The molecule has 1 unspecified atom stereocenters. The third kappa shape index (κ3) is 4.32. The first-order chi connectivity index (χ1) is 12.5. The monoisotopic (exact) mass is 375 g/mol. The molecule has 0 aliphatic heterocycles. The number of hydrogen-bond donors (Lipinski definition) is 3. The van der Waals surface area contributed by atoms with Crippen LogP contribution in [0.4, 0.5) is 0 Å². The van der Waals surface area contributed by atoms with Crippen LogP contribution in [0.2, 0.25) is 0 Å². The predicted molar refractivity (Wildman–Crippen MR) is 96.8 cm³/mol. The number of furan rings is 1. The number of hydrogen-bond acceptors (Lipinski definition) is 5. The van der Waals surface area contributed by atoms with E-state index in [0.717, 1.165) is 25.7 Å². The quantitative estimate of drug-likeness (QED) is 0.563. The average Bonchev–Trinajstić information content (AvgIpc) is 3.25. The van der Waals surface area contributed by atoms with Gasteiger partial charge in [-0.15, -0.1) is 11.3 Å². The van der Waals surface area contributed by atoms with Crippen LogP contribution in [-0.4, -0.2) is 23.8 Å². The summed E-state index contributed by atoms with van der Waals surface area (Å²) in [4.78, 5) is 38.1. The van der Waals surface area contributed by atoms with E-state index in [1.165, 1.54) is 53.7 Å². The van der Waals surface area contributed by atoms with Crippen molar-refractivity contribution in [3.8, 4) is 0 Å². The number of fused-ring (bicyclic) bond motifs is 1. The highest BCUT2D eigenvalue weighted by atomic mass is 32.1. The molecule has 0 saturated heterocycles. The number of amides is 3. The Hall–Kier alpha value is -2.61. The molecular weight excluding hydrogens is 354 g/mol. The van der Waals surface area contributed by atoms with Crippen molar-refractivity contribution in [2.75, 3.05) is 0 Å². The molecule has 1 atom stereocenters. The van der Waals surface area contributed by atoms with Gasteiger partial charge in [0.25, 0.3) is 17.7 Å². The zero-order chi connectivity index (χ0) is 18.5. The molecule has 0 bridgehead atoms. The number of hydrazine groups is 1. The zero-order valence-corrected chi connectivity index (χ0v) is 15.3. The molecule has 3 rings (SSSR count). The number of aryl methyl sites for hydroxylation is 2. The summed E-state index contributed by atoms with van der Waals surface area (Å²) >= 11 is 1.48. The second kappa shape index (κ2) is 8.18. The van der Waals surface area contributed by atoms with Crippen molar-refractivity contribution < 1.29 is 18.8 Å². The Morgan fingerprint density at radius 3 is 2.69 bits per heavy atom. The maximum absolute atomic E-state index is 12.3. The molecule has 0 spiro atoms. The summed E-state index contributed by atoms with van der Waals surface area (Å²) < 4.78 is 4.83. The Bertz CT molecular complexity index is 774. The molecule has 2 aromatic heterocycles. The van der Waals surface area contributed by atoms with Gasteiger partial charge in [0.05, 0.1) is 16.7 Å². The summed E-state index contributed by atoms with van der Waals surface area (Å²) in [7, 11) is 0. The fourth-order valence-corrected chi connectivity index (χ4v) is 3.96. The van der Waals surface area contributed by atoms with Gasteiger partial charge < -0.3 is 9.73 Å². The Kier molecular flexibility index (Phi) is 5.72. The minimum atomic E-state index is -0.808. The van der Waals surface area contributed by atoms with Gasteiger partial charge in [-0.05, 0) is 50.3 Å². The highest BCUT2D eigenvalue weighted by molar-refractivity contribution is 7.14. The molecule has 0 radical (unpaired) electrons. The van der Waals surface area contributed by atoms with Gasteiger partial charge in [0.1, 0.15) is 12.3 Å². The van der Waals surface area contributed by atoms with Crippen LogP contribution in [-0.2, 0) is 17.6 Å². The third-order valence-corrected chi connectivity index (χ3v) is 5.53. The van der Waals surface area contributed by atoms with Gasteiger partial charge in [0, 0.05) is 4.88 Å². The Morgan fingerprint density at radius 2 is 1.92 bits per heavy atom. The van der Waals surface area contributed by atoms with E-state index in [0.29, 0.717) is 10.4 Å². The van der Waals surface area contributed by atoms with Crippen LogP contribution in [0.1, 0.15) is 56.7 Å². The topological polar surface area (TPSA) is 100 Å². The molecule has 2 aromatic rings. The van der Waals surface area contributed by atoms with Crippen molar-refractivity contribution in [1.82, 2.24) is 16.2 Å². The van der Waals surface area contributed by atoms with E-state index in [9.17, 15) is 14.4 Å². The Morgan fingerprint density at radius 1 is 1.12 bits per heavy atom. The van der Waals surface area contributed by atoms with Crippen LogP contribution in [0.5, 0.6) is 0 Å². The second-order valence-corrected chi connectivity index (χ2v) is 7.41. The van der Waals surface area contributed by atoms with Crippen molar-refractivity contribution in [2.45, 2.75) is 45.1 Å². The van der Waals surface area contributed by atoms with E-state index in [1.807, 2.05) is 6.07 Å². The van der Waals surface area contributed by atoms with Crippen molar-refractivity contribution in [3.05, 3.63) is 45.5 Å². The van der Waals surface area contributed by atoms with Crippen molar-refractivity contribution in [2.24, 2.45) is 0 Å². The molecule has 1 aliphatic carbocycles. The minimum absolute atomic E-state index is 0.328. The molecule has 7 nitrogen and oxygen atoms in total. The van der Waals surface area contributed by atoms with Gasteiger partial charge in [0.2, 0.25) is 0 Å². The maximum atomic E-state index is 12.3. The van der Waals surface area contributed by atoms with Gasteiger partial charge in [-0.3, -0.25) is 25.2 Å². The Balaban J connectivity index is 1.50. The van der Waals surface area contributed by atoms with Gasteiger partial charge in [0.15, 0.2) is 0 Å². The summed E-state index contributed by atoms with van der Waals surface area (Å²) in [5.41, 5.74) is 6.34. The first-order valence-corrected chi connectivity index (χ1v) is 9.41. The molecule has 8 heteroatoms. The smallest absolute Gasteiger partial charge is 0.279 e. The van der Waals surface area contributed by atoms with Crippen molar-refractivity contribution >= 4 is 29.1 Å². The normalized spacial score (nSPS) is 14.7. The SMILES string of the molecule is CC(NC(=O)c1ccoc1)C(=O)NNC(=O)c1cc2c(s1)CCCCC2. The number of rotatable bonds is 4. The van der Waals surface area contributed by atoms with E-state index in [4.69, 9.17) is 4.42 Å². The number of thiophene rings is 1. The van der Waals surface area contributed by atoms with E-state index >= 15 is 0 Å². The molecule has 0 aromatic carbocycles. The number of carbonyl (C=O) groups is 3. The Labute approximate surface area is 155 Å². The molecule has 26 heavy (non-hydrogen) atoms. The van der Waals surface area contributed by atoms with Gasteiger partial charge >= 0.3 is 0 Å². The van der Waals surface area contributed by atoms with Gasteiger partial charge in [-0.1, -0.05) is 6.42 Å². The summed E-state index contributed by atoms with van der Waals surface area (Å²) in [6.45, 7) is 1.53. The fourth-order valence-electron chi connectivity index (χ4n) is 2.81.